The molecule has 0 amide bonds. The van der Waals surface area contributed by atoms with Crippen LogP contribution in [0.5, 0.6) is 0 Å². The third-order valence-corrected chi connectivity index (χ3v) is 6.59. The van der Waals surface area contributed by atoms with Crippen molar-refractivity contribution in [1.82, 2.24) is 0 Å². The molecule has 0 saturated heterocycles. The number of aliphatic hydroxyl groups excluding tert-OH is 3. The van der Waals surface area contributed by atoms with E-state index in [0.29, 0.717) is 12.3 Å². The van der Waals surface area contributed by atoms with Gasteiger partial charge in [0, 0.05) is 12.3 Å². The molecule has 3 N–H and O–H groups in total. The molecule has 0 radical (unpaired) electrons. The molecule has 0 unspecified atom stereocenters. The molecule has 0 aromatic carbocycles. The smallest absolute Gasteiger partial charge is 0.0749 e. The van der Waals surface area contributed by atoms with Gasteiger partial charge in [-0.1, -0.05) is 57.1 Å². The summed E-state index contributed by atoms with van der Waals surface area (Å²) in [6.45, 7) is 0. The van der Waals surface area contributed by atoms with Gasteiger partial charge in [0.2, 0.25) is 0 Å². The molecular formula is C21H38O3S. The van der Waals surface area contributed by atoms with E-state index in [0.717, 1.165) is 31.4 Å². The van der Waals surface area contributed by atoms with Crippen molar-refractivity contribution in [3.63, 3.8) is 0 Å². The van der Waals surface area contributed by atoms with Crippen LogP contribution in [0.25, 0.3) is 0 Å². The lowest BCUT2D eigenvalue weighted by molar-refractivity contribution is 0.114. The Bertz CT molecular complexity index is 381. The molecule has 0 aromatic heterocycles. The van der Waals surface area contributed by atoms with Crippen molar-refractivity contribution in [1.29, 1.82) is 0 Å². The zero-order valence-corrected chi connectivity index (χ0v) is 16.5. The van der Waals surface area contributed by atoms with Gasteiger partial charge in [0.25, 0.3) is 0 Å². The summed E-state index contributed by atoms with van der Waals surface area (Å²) in [6.07, 6.45) is 15.9. The van der Waals surface area contributed by atoms with Crippen LogP contribution >= 0.6 is 12.6 Å². The average molecular weight is 371 g/mol. The quantitative estimate of drug-likeness (QED) is 0.266. The number of aliphatic hydroxyl groups is 3. The van der Waals surface area contributed by atoms with E-state index in [2.05, 4.69) is 12.6 Å². The molecule has 2 aliphatic rings. The van der Waals surface area contributed by atoms with Gasteiger partial charge >= 0.3 is 0 Å². The molecule has 3 nitrogen and oxygen atoms in total. The minimum absolute atomic E-state index is 0.00863. The van der Waals surface area contributed by atoms with E-state index in [-0.39, 0.29) is 11.8 Å². The van der Waals surface area contributed by atoms with E-state index in [1.54, 1.807) is 0 Å². The minimum Gasteiger partial charge on any atom is -0.393 e. The summed E-state index contributed by atoms with van der Waals surface area (Å²) in [5.41, 5.74) is 0. The van der Waals surface area contributed by atoms with Crippen molar-refractivity contribution in [2.45, 2.75) is 95.4 Å². The van der Waals surface area contributed by atoms with Crippen LogP contribution in [0.1, 0.15) is 77.0 Å². The second kappa shape index (κ2) is 11.6. The van der Waals surface area contributed by atoms with E-state index in [1.807, 2.05) is 12.2 Å². The third-order valence-electron chi connectivity index (χ3n) is 6.27. The van der Waals surface area contributed by atoms with Gasteiger partial charge in [0.15, 0.2) is 0 Å². The van der Waals surface area contributed by atoms with Crippen LogP contribution in [0.2, 0.25) is 0 Å². The average Bonchev–Trinajstić information content (AvgIpc) is 2.89. The highest BCUT2D eigenvalue weighted by atomic mass is 32.1. The largest absolute Gasteiger partial charge is 0.393 e. The predicted octanol–water partition coefficient (Wildman–Crippen LogP) is 4.11. The summed E-state index contributed by atoms with van der Waals surface area (Å²) in [5.74, 6) is 1.46. The van der Waals surface area contributed by atoms with Crippen molar-refractivity contribution >= 4 is 12.6 Å². The molecule has 2 aliphatic carbocycles. The lowest BCUT2D eigenvalue weighted by Crippen LogP contribution is -2.23. The van der Waals surface area contributed by atoms with Crippen LogP contribution in [0.4, 0.5) is 0 Å². The minimum atomic E-state index is -0.473. The molecule has 2 fully saturated rings. The summed E-state index contributed by atoms with van der Waals surface area (Å²) < 4.78 is 0. The fourth-order valence-corrected chi connectivity index (χ4v) is 4.90. The van der Waals surface area contributed by atoms with Gasteiger partial charge in [0.05, 0.1) is 18.3 Å². The summed E-state index contributed by atoms with van der Waals surface area (Å²) in [7, 11) is 0. The number of rotatable bonds is 10. The van der Waals surface area contributed by atoms with Crippen molar-refractivity contribution < 1.29 is 15.3 Å². The number of thiol groups is 1. The summed E-state index contributed by atoms with van der Waals surface area (Å²) in [5, 5.41) is 31.1. The highest BCUT2D eigenvalue weighted by molar-refractivity contribution is 7.80. The molecule has 0 bridgehead atoms. The predicted molar refractivity (Wildman–Crippen MR) is 107 cm³/mol. The Morgan fingerprint density at radius 2 is 1.60 bits per heavy atom. The molecule has 2 rings (SSSR count). The number of hydrogen-bond donors (Lipinski definition) is 4. The summed E-state index contributed by atoms with van der Waals surface area (Å²) in [6, 6.07) is 0. The first kappa shape index (κ1) is 21.3. The van der Waals surface area contributed by atoms with Crippen LogP contribution in [0, 0.1) is 17.8 Å². The topological polar surface area (TPSA) is 60.7 Å². The summed E-state index contributed by atoms with van der Waals surface area (Å²) in [4.78, 5) is 0. The standard InChI is InChI=1S/C21H38O3S/c22-19(16-9-5-4-6-10-16)13-12-18-17(20(23)15-21(18)24)11-7-2-1-3-8-14-25/h12-13,16-25H,1-11,14-15H2/b13-12+/t17-,18-,19+,20-,21-/m1/s1. The first-order valence-electron chi connectivity index (χ1n) is 10.5. The van der Waals surface area contributed by atoms with Gasteiger partial charge in [-0.05, 0) is 43.3 Å². The van der Waals surface area contributed by atoms with Crippen molar-refractivity contribution in [3.05, 3.63) is 12.2 Å². The Hall–Kier alpha value is -0.0300. The SMILES string of the molecule is O[C@@H]1C[C@@H](O)[C@H](CCCCCCCS)[C@H]1/C=C/[C@H](O)C1CCCCC1. The van der Waals surface area contributed by atoms with E-state index in [4.69, 9.17) is 0 Å². The van der Waals surface area contributed by atoms with Gasteiger partial charge in [-0.2, -0.15) is 12.6 Å². The maximum Gasteiger partial charge on any atom is 0.0749 e. The van der Waals surface area contributed by atoms with Gasteiger partial charge in [-0.15, -0.1) is 0 Å². The Morgan fingerprint density at radius 1 is 0.920 bits per heavy atom. The van der Waals surface area contributed by atoms with E-state index in [9.17, 15) is 15.3 Å². The van der Waals surface area contributed by atoms with Crippen molar-refractivity contribution in [2.75, 3.05) is 5.75 Å². The van der Waals surface area contributed by atoms with Gasteiger partial charge in [0.1, 0.15) is 0 Å². The maximum absolute atomic E-state index is 10.4. The second-order valence-electron chi connectivity index (χ2n) is 8.17. The maximum atomic E-state index is 10.4. The van der Waals surface area contributed by atoms with Crippen LogP contribution in [-0.2, 0) is 0 Å². The van der Waals surface area contributed by atoms with E-state index in [1.165, 1.54) is 44.9 Å². The lowest BCUT2D eigenvalue weighted by atomic mass is 9.83. The van der Waals surface area contributed by atoms with Crippen molar-refractivity contribution in [2.24, 2.45) is 17.8 Å². The van der Waals surface area contributed by atoms with E-state index >= 15 is 0 Å². The molecule has 25 heavy (non-hydrogen) atoms. The Kier molecular flexibility index (Phi) is 9.90. The zero-order chi connectivity index (χ0) is 18.1. The molecule has 0 aliphatic heterocycles. The molecule has 0 heterocycles. The summed E-state index contributed by atoms with van der Waals surface area (Å²) >= 11 is 4.24. The second-order valence-corrected chi connectivity index (χ2v) is 8.61. The van der Waals surface area contributed by atoms with Gasteiger partial charge in [-0.3, -0.25) is 0 Å². The molecule has 146 valence electrons. The molecule has 2 saturated carbocycles. The highest BCUT2D eigenvalue weighted by Crippen LogP contribution is 2.37. The molecule has 0 spiro atoms. The Morgan fingerprint density at radius 3 is 2.32 bits per heavy atom. The number of hydrogen-bond acceptors (Lipinski definition) is 4. The first-order chi connectivity index (χ1) is 12.1. The fourth-order valence-electron chi connectivity index (χ4n) is 4.67. The Labute approximate surface area is 159 Å². The van der Waals surface area contributed by atoms with Crippen LogP contribution < -0.4 is 0 Å². The highest BCUT2D eigenvalue weighted by Gasteiger charge is 2.39. The molecule has 4 heteroatoms. The monoisotopic (exact) mass is 370 g/mol. The van der Waals surface area contributed by atoms with E-state index < -0.39 is 18.3 Å². The van der Waals surface area contributed by atoms with Crippen LogP contribution in [0.3, 0.4) is 0 Å². The molecule has 5 atom stereocenters. The fraction of sp³-hybridized carbons (Fsp3) is 0.905. The molecular weight excluding hydrogens is 332 g/mol. The first-order valence-corrected chi connectivity index (χ1v) is 11.1. The van der Waals surface area contributed by atoms with Gasteiger partial charge < -0.3 is 15.3 Å². The van der Waals surface area contributed by atoms with Crippen LogP contribution in [0.15, 0.2) is 12.2 Å². The number of unbranched alkanes of at least 4 members (excludes halogenated alkanes) is 4. The van der Waals surface area contributed by atoms with Gasteiger partial charge in [-0.25, -0.2) is 0 Å². The molecule has 0 aromatic rings. The van der Waals surface area contributed by atoms with Crippen LogP contribution in [-0.4, -0.2) is 39.4 Å². The zero-order valence-electron chi connectivity index (χ0n) is 15.6. The lowest BCUT2D eigenvalue weighted by Gasteiger charge is -2.26. The van der Waals surface area contributed by atoms with Crippen molar-refractivity contribution in [3.8, 4) is 0 Å². The third kappa shape index (κ3) is 6.89. The Balaban J connectivity index is 1.80. The normalized spacial score (nSPS) is 32.5.